The molecule has 0 aliphatic carbocycles. The second-order valence-corrected chi connectivity index (χ2v) is 9.60. The molecule has 0 saturated carbocycles. The van der Waals surface area contributed by atoms with E-state index in [4.69, 9.17) is 16.3 Å². The first kappa shape index (κ1) is 24.1. The molecule has 164 valence electrons. The van der Waals surface area contributed by atoms with Crippen molar-refractivity contribution >= 4 is 33.2 Å². The van der Waals surface area contributed by atoms with E-state index in [-0.39, 0.29) is 27.9 Å². The molecule has 7 nitrogen and oxygen atoms in total. The van der Waals surface area contributed by atoms with Gasteiger partial charge in [-0.3, -0.25) is 4.79 Å². The molecule has 0 unspecified atom stereocenters. The van der Waals surface area contributed by atoms with Gasteiger partial charge in [0, 0.05) is 33.6 Å². The van der Waals surface area contributed by atoms with Crippen LogP contribution in [0.5, 0.6) is 5.75 Å². The molecule has 0 aromatic heterocycles. The second-order valence-electron chi connectivity index (χ2n) is 7.05. The lowest BCUT2D eigenvalue weighted by Crippen LogP contribution is -2.26. The molecule has 1 N–H and O–H groups in total. The summed E-state index contributed by atoms with van der Waals surface area (Å²) in [5.41, 5.74) is 0.281. The van der Waals surface area contributed by atoms with Gasteiger partial charge in [0.25, 0.3) is 0 Å². The van der Waals surface area contributed by atoms with Crippen LogP contribution in [0.4, 0.5) is 5.69 Å². The summed E-state index contributed by atoms with van der Waals surface area (Å²) in [5, 5.41) is 2.99. The number of benzene rings is 2. The largest absolute Gasteiger partial charge is 0.494 e. The lowest BCUT2D eigenvalue weighted by molar-refractivity contribution is -0.116. The summed E-state index contributed by atoms with van der Waals surface area (Å²) in [6.45, 7) is 1.95. The molecular weight excluding hydrogens is 426 g/mol. The fourth-order valence-electron chi connectivity index (χ4n) is 2.63. The predicted molar refractivity (Wildman–Crippen MR) is 120 cm³/mol. The molecular formula is C21H28ClN3O4S. The standard InChI is InChI=1S/C21H28ClN3O4S/c1-24(2)30(27,28)18-10-11-19(22)20(16-18)23-21(26)12-14-25(3)13-7-15-29-17-8-5-4-6-9-17/h4-6,8-11,16H,7,12-15H2,1-3H3,(H,23,26). The summed E-state index contributed by atoms with van der Waals surface area (Å²) in [4.78, 5) is 14.4. The molecule has 30 heavy (non-hydrogen) atoms. The first-order chi connectivity index (χ1) is 14.2. The Morgan fingerprint density at radius 3 is 2.43 bits per heavy atom. The highest BCUT2D eigenvalue weighted by atomic mass is 35.5. The fourth-order valence-corrected chi connectivity index (χ4v) is 3.72. The maximum Gasteiger partial charge on any atom is 0.242 e. The molecule has 0 aliphatic rings. The Balaban J connectivity index is 1.78. The molecule has 2 rings (SSSR count). The van der Waals surface area contributed by atoms with Crippen LogP contribution in [-0.2, 0) is 14.8 Å². The summed E-state index contributed by atoms with van der Waals surface area (Å²) in [6.07, 6.45) is 1.10. The molecule has 0 heterocycles. The Labute approximate surface area is 183 Å². The summed E-state index contributed by atoms with van der Waals surface area (Å²) in [5.74, 6) is 0.610. The van der Waals surface area contributed by atoms with Crippen molar-refractivity contribution in [2.45, 2.75) is 17.7 Å². The first-order valence-corrected chi connectivity index (χ1v) is 11.4. The van der Waals surface area contributed by atoms with E-state index in [1.165, 1.54) is 32.3 Å². The van der Waals surface area contributed by atoms with Crippen LogP contribution in [0.25, 0.3) is 0 Å². The van der Waals surface area contributed by atoms with E-state index in [0.29, 0.717) is 13.2 Å². The van der Waals surface area contributed by atoms with Gasteiger partial charge in [0.1, 0.15) is 5.75 Å². The van der Waals surface area contributed by atoms with Crippen LogP contribution < -0.4 is 10.1 Å². The van der Waals surface area contributed by atoms with E-state index < -0.39 is 10.0 Å². The second kappa shape index (κ2) is 11.3. The van der Waals surface area contributed by atoms with Gasteiger partial charge in [-0.25, -0.2) is 12.7 Å². The minimum Gasteiger partial charge on any atom is -0.494 e. The molecule has 1 amide bonds. The first-order valence-electron chi connectivity index (χ1n) is 9.58. The number of carbonyl (C=O) groups is 1. The molecule has 0 radical (unpaired) electrons. The zero-order chi connectivity index (χ0) is 22.1. The van der Waals surface area contributed by atoms with Crippen LogP contribution in [0.1, 0.15) is 12.8 Å². The van der Waals surface area contributed by atoms with Crippen molar-refractivity contribution in [2.24, 2.45) is 0 Å². The highest BCUT2D eigenvalue weighted by Gasteiger charge is 2.19. The third kappa shape index (κ3) is 7.28. The zero-order valence-electron chi connectivity index (χ0n) is 17.5. The van der Waals surface area contributed by atoms with Gasteiger partial charge in [0.15, 0.2) is 0 Å². The van der Waals surface area contributed by atoms with Crippen LogP contribution in [0, 0.1) is 0 Å². The number of rotatable bonds is 11. The van der Waals surface area contributed by atoms with Crippen LogP contribution >= 0.6 is 11.6 Å². The van der Waals surface area contributed by atoms with Gasteiger partial charge < -0.3 is 15.0 Å². The Hall–Kier alpha value is -2.13. The number of nitrogens with one attached hydrogen (secondary N) is 1. The van der Waals surface area contributed by atoms with Crippen LogP contribution in [0.3, 0.4) is 0 Å². The Kier molecular flexibility index (Phi) is 9.10. The SMILES string of the molecule is CN(CCCOc1ccccc1)CCC(=O)Nc1cc(S(=O)(=O)N(C)C)ccc1Cl. The van der Waals surface area contributed by atoms with E-state index in [9.17, 15) is 13.2 Å². The monoisotopic (exact) mass is 453 g/mol. The van der Waals surface area contributed by atoms with Gasteiger partial charge in [0.2, 0.25) is 15.9 Å². The van der Waals surface area contributed by atoms with Crippen molar-refractivity contribution in [1.29, 1.82) is 0 Å². The van der Waals surface area contributed by atoms with Crippen LogP contribution in [-0.4, -0.2) is 64.4 Å². The molecule has 0 spiro atoms. The fraction of sp³-hybridized carbons (Fsp3) is 0.381. The number of ether oxygens (including phenoxy) is 1. The van der Waals surface area contributed by atoms with Crippen molar-refractivity contribution in [2.75, 3.05) is 46.2 Å². The molecule has 0 aliphatic heterocycles. The minimum atomic E-state index is -3.61. The van der Waals surface area contributed by atoms with E-state index in [0.717, 1.165) is 23.0 Å². The number of amides is 1. The molecule has 2 aromatic carbocycles. The van der Waals surface area contributed by atoms with Gasteiger partial charge in [-0.05, 0) is 43.8 Å². The number of hydrogen-bond acceptors (Lipinski definition) is 5. The average Bonchev–Trinajstić information content (AvgIpc) is 2.72. The number of nitrogens with zero attached hydrogens (tertiary/aromatic N) is 2. The minimum absolute atomic E-state index is 0.0720. The normalized spacial score (nSPS) is 11.7. The number of sulfonamides is 1. The average molecular weight is 454 g/mol. The predicted octanol–water partition coefficient (Wildman–Crippen LogP) is 3.32. The zero-order valence-corrected chi connectivity index (χ0v) is 19.0. The van der Waals surface area contributed by atoms with Crippen LogP contribution in [0.15, 0.2) is 53.4 Å². The summed E-state index contributed by atoms with van der Waals surface area (Å²) in [7, 11) is 1.22. The lowest BCUT2D eigenvalue weighted by atomic mass is 10.3. The van der Waals surface area contributed by atoms with E-state index in [1.54, 1.807) is 0 Å². The topological polar surface area (TPSA) is 79.0 Å². The van der Waals surface area contributed by atoms with Gasteiger partial charge >= 0.3 is 0 Å². The van der Waals surface area contributed by atoms with Crippen molar-refractivity contribution in [1.82, 2.24) is 9.21 Å². The lowest BCUT2D eigenvalue weighted by Gasteiger charge is -2.17. The van der Waals surface area contributed by atoms with Crippen molar-refractivity contribution < 1.29 is 17.9 Å². The molecule has 2 aromatic rings. The van der Waals surface area contributed by atoms with Crippen molar-refractivity contribution in [3.63, 3.8) is 0 Å². The number of anilines is 1. The number of hydrogen-bond donors (Lipinski definition) is 1. The molecule has 9 heteroatoms. The van der Waals surface area contributed by atoms with E-state index in [2.05, 4.69) is 5.32 Å². The Morgan fingerprint density at radius 2 is 1.77 bits per heavy atom. The summed E-state index contributed by atoms with van der Waals surface area (Å²) < 4.78 is 31.3. The molecule has 0 bridgehead atoms. The smallest absolute Gasteiger partial charge is 0.242 e. The number of carbonyl (C=O) groups excluding carboxylic acids is 1. The molecule has 0 saturated heterocycles. The highest BCUT2D eigenvalue weighted by molar-refractivity contribution is 7.89. The van der Waals surface area contributed by atoms with E-state index in [1.807, 2.05) is 42.3 Å². The molecule has 0 atom stereocenters. The van der Waals surface area contributed by atoms with Crippen LogP contribution in [0.2, 0.25) is 5.02 Å². The summed E-state index contributed by atoms with van der Waals surface area (Å²) in [6, 6.07) is 13.9. The van der Waals surface area contributed by atoms with Gasteiger partial charge in [-0.2, -0.15) is 0 Å². The maximum absolute atomic E-state index is 12.3. The Morgan fingerprint density at radius 1 is 1.07 bits per heavy atom. The Bertz CT molecular complexity index is 937. The number of halogens is 1. The maximum atomic E-state index is 12.3. The molecule has 0 fully saturated rings. The van der Waals surface area contributed by atoms with Gasteiger partial charge in [0.05, 0.1) is 22.2 Å². The summed E-state index contributed by atoms with van der Waals surface area (Å²) >= 11 is 6.12. The quantitative estimate of drug-likeness (QED) is 0.528. The third-order valence-electron chi connectivity index (χ3n) is 4.41. The van der Waals surface area contributed by atoms with Crippen molar-refractivity contribution in [3.05, 3.63) is 53.6 Å². The number of para-hydroxylation sites is 1. The third-order valence-corrected chi connectivity index (χ3v) is 6.55. The van der Waals surface area contributed by atoms with Gasteiger partial charge in [-0.15, -0.1) is 0 Å². The highest BCUT2D eigenvalue weighted by Crippen LogP contribution is 2.26. The van der Waals surface area contributed by atoms with Gasteiger partial charge in [-0.1, -0.05) is 29.8 Å². The van der Waals surface area contributed by atoms with Crippen molar-refractivity contribution in [3.8, 4) is 5.75 Å². The van der Waals surface area contributed by atoms with E-state index >= 15 is 0 Å².